The highest BCUT2D eigenvalue weighted by Crippen LogP contribution is 2.38. The Kier molecular flexibility index (Phi) is 10.5. The van der Waals surface area contributed by atoms with Gasteiger partial charge in [0.2, 0.25) is 5.91 Å². The van der Waals surface area contributed by atoms with Gasteiger partial charge in [-0.2, -0.15) is 13.2 Å². The summed E-state index contributed by atoms with van der Waals surface area (Å²) in [4.78, 5) is 25.1. The van der Waals surface area contributed by atoms with Crippen LogP contribution in [0.15, 0.2) is 36.4 Å². The maximum atomic E-state index is 13.8. The molecule has 3 rings (SSSR count). The van der Waals surface area contributed by atoms with Crippen LogP contribution in [0.25, 0.3) is 0 Å². The molecule has 2 unspecified atom stereocenters. The largest absolute Gasteiger partial charge is 0.419 e. The SMILES string of the molecule is CC(=O)CC1CCC(CCCC(C)(C(=O)NC(C)c2ccc(F)c(C(F)(F)F)c2)c2ccc(Cl)c(Cl)c2)CC1. The number of amides is 1. The second-order valence-electron chi connectivity index (χ2n) is 11.1. The lowest BCUT2D eigenvalue weighted by atomic mass is 9.74. The van der Waals surface area contributed by atoms with E-state index in [1.54, 1.807) is 39.0 Å². The average Bonchev–Trinajstić information content (AvgIpc) is 2.85. The van der Waals surface area contributed by atoms with Crippen molar-refractivity contribution in [1.82, 2.24) is 5.32 Å². The molecule has 2 atom stereocenters. The fourth-order valence-electron chi connectivity index (χ4n) is 5.57. The number of ketones is 1. The first-order valence-corrected chi connectivity index (χ1v) is 14.1. The van der Waals surface area contributed by atoms with Crippen LogP contribution in [0.2, 0.25) is 10.0 Å². The van der Waals surface area contributed by atoms with E-state index in [9.17, 15) is 27.2 Å². The van der Waals surface area contributed by atoms with Crippen molar-refractivity contribution in [3.63, 3.8) is 0 Å². The number of carbonyl (C=O) groups is 2. The van der Waals surface area contributed by atoms with Gasteiger partial charge in [-0.05, 0) is 87.3 Å². The Balaban J connectivity index is 1.75. The lowest BCUT2D eigenvalue weighted by Crippen LogP contribution is -2.43. The molecule has 39 heavy (non-hydrogen) atoms. The van der Waals surface area contributed by atoms with Crippen molar-refractivity contribution in [1.29, 1.82) is 0 Å². The fraction of sp³-hybridized carbons (Fsp3) is 0.533. The third-order valence-electron chi connectivity index (χ3n) is 8.03. The van der Waals surface area contributed by atoms with Crippen LogP contribution in [0.4, 0.5) is 17.6 Å². The molecule has 9 heteroatoms. The molecule has 1 aliphatic rings. The number of nitrogens with one attached hydrogen (secondary N) is 1. The van der Waals surface area contributed by atoms with Crippen LogP contribution in [-0.2, 0) is 21.2 Å². The minimum absolute atomic E-state index is 0.149. The first kappa shape index (κ1) is 31.4. The van der Waals surface area contributed by atoms with Gasteiger partial charge >= 0.3 is 6.18 Å². The predicted octanol–water partition coefficient (Wildman–Crippen LogP) is 9.24. The third-order valence-corrected chi connectivity index (χ3v) is 8.77. The number of benzene rings is 2. The number of Topliss-reactive ketones (excluding diaryl/α,β-unsaturated/α-hetero) is 1. The van der Waals surface area contributed by atoms with Crippen molar-refractivity contribution >= 4 is 34.9 Å². The second-order valence-corrected chi connectivity index (χ2v) is 11.9. The molecule has 1 aliphatic carbocycles. The van der Waals surface area contributed by atoms with E-state index in [2.05, 4.69) is 5.32 Å². The summed E-state index contributed by atoms with van der Waals surface area (Å²) in [5.74, 6) is -0.520. The highest BCUT2D eigenvalue weighted by Gasteiger charge is 2.38. The Labute approximate surface area is 237 Å². The molecule has 0 bridgehead atoms. The molecule has 0 aromatic heterocycles. The molecule has 0 spiro atoms. The van der Waals surface area contributed by atoms with E-state index in [1.807, 2.05) is 0 Å². The molecule has 1 amide bonds. The van der Waals surface area contributed by atoms with Crippen molar-refractivity contribution in [3.05, 3.63) is 69.0 Å². The van der Waals surface area contributed by atoms with Gasteiger partial charge in [-0.15, -0.1) is 0 Å². The highest BCUT2D eigenvalue weighted by atomic mass is 35.5. The third kappa shape index (κ3) is 8.20. The molecule has 2 aromatic rings. The maximum absolute atomic E-state index is 13.8. The van der Waals surface area contributed by atoms with Crippen molar-refractivity contribution in [2.24, 2.45) is 11.8 Å². The standard InChI is InChI=1S/C30H35Cl2F4NO2/c1-18(38)15-21-8-6-20(7-9-21)5-4-14-29(3,23-11-12-25(31)26(32)17-23)28(39)37-19(2)22-10-13-27(33)24(16-22)30(34,35)36/h10-13,16-17,19-21H,4-9,14-15H2,1-3H3,(H,37,39). The van der Waals surface area contributed by atoms with Crippen molar-refractivity contribution < 1.29 is 27.2 Å². The predicted molar refractivity (Wildman–Crippen MR) is 146 cm³/mol. The van der Waals surface area contributed by atoms with Gasteiger partial charge in [0.25, 0.3) is 0 Å². The van der Waals surface area contributed by atoms with Crippen LogP contribution in [0.1, 0.15) is 94.9 Å². The summed E-state index contributed by atoms with van der Waals surface area (Å²) < 4.78 is 53.5. The molecule has 0 radical (unpaired) electrons. The van der Waals surface area contributed by atoms with E-state index in [1.165, 1.54) is 6.07 Å². The summed E-state index contributed by atoms with van der Waals surface area (Å²) in [5.41, 5.74) is -1.59. The molecule has 3 nitrogen and oxygen atoms in total. The van der Waals surface area contributed by atoms with Crippen molar-refractivity contribution in [2.45, 2.75) is 89.8 Å². The summed E-state index contributed by atoms with van der Waals surface area (Å²) >= 11 is 12.4. The van der Waals surface area contributed by atoms with Crippen LogP contribution >= 0.6 is 23.2 Å². The average molecular weight is 589 g/mol. The van der Waals surface area contributed by atoms with E-state index in [-0.39, 0.29) is 17.3 Å². The summed E-state index contributed by atoms with van der Waals surface area (Å²) in [6.07, 6.45) is 2.15. The first-order chi connectivity index (χ1) is 18.2. The van der Waals surface area contributed by atoms with Crippen LogP contribution < -0.4 is 5.32 Å². The number of rotatable bonds is 10. The molecular weight excluding hydrogens is 553 g/mol. The van der Waals surface area contributed by atoms with E-state index in [4.69, 9.17) is 23.2 Å². The number of hydrogen-bond acceptors (Lipinski definition) is 2. The zero-order valence-corrected chi connectivity index (χ0v) is 23.9. The maximum Gasteiger partial charge on any atom is 0.419 e. The Morgan fingerprint density at radius 3 is 2.23 bits per heavy atom. The summed E-state index contributed by atoms with van der Waals surface area (Å²) in [5, 5.41) is 3.50. The van der Waals surface area contributed by atoms with Gasteiger partial charge in [0, 0.05) is 6.42 Å². The highest BCUT2D eigenvalue weighted by molar-refractivity contribution is 6.42. The molecule has 0 saturated heterocycles. The monoisotopic (exact) mass is 587 g/mol. The van der Waals surface area contributed by atoms with Crippen molar-refractivity contribution in [2.75, 3.05) is 0 Å². The van der Waals surface area contributed by atoms with Gasteiger partial charge in [0.05, 0.1) is 27.1 Å². The molecule has 1 N–H and O–H groups in total. The molecule has 0 heterocycles. The van der Waals surface area contributed by atoms with Gasteiger partial charge in [-0.1, -0.05) is 61.0 Å². The quantitative estimate of drug-likeness (QED) is 0.281. The van der Waals surface area contributed by atoms with E-state index >= 15 is 0 Å². The Morgan fingerprint density at radius 1 is 1.00 bits per heavy atom. The Morgan fingerprint density at radius 2 is 1.64 bits per heavy atom. The van der Waals surface area contributed by atoms with Crippen molar-refractivity contribution in [3.8, 4) is 0 Å². The molecule has 0 aliphatic heterocycles. The topological polar surface area (TPSA) is 46.2 Å². The van der Waals surface area contributed by atoms with Gasteiger partial charge in [-0.25, -0.2) is 4.39 Å². The van der Waals surface area contributed by atoms with Gasteiger partial charge in [-0.3, -0.25) is 4.79 Å². The summed E-state index contributed by atoms with van der Waals surface area (Å²) in [7, 11) is 0. The lowest BCUT2D eigenvalue weighted by molar-refractivity contribution is -0.140. The molecule has 2 aromatic carbocycles. The Bertz CT molecular complexity index is 1180. The first-order valence-electron chi connectivity index (χ1n) is 13.3. The Hall–Kier alpha value is -2.12. The number of halogens is 6. The number of alkyl halides is 3. The van der Waals surface area contributed by atoms with Crippen LogP contribution in [0.3, 0.4) is 0 Å². The molecule has 214 valence electrons. The fourth-order valence-corrected chi connectivity index (χ4v) is 5.87. The minimum Gasteiger partial charge on any atom is -0.349 e. The van der Waals surface area contributed by atoms with Gasteiger partial charge in [0.1, 0.15) is 11.6 Å². The van der Waals surface area contributed by atoms with E-state index in [0.29, 0.717) is 40.3 Å². The summed E-state index contributed by atoms with van der Waals surface area (Å²) in [6.45, 7) is 5.00. The smallest absolute Gasteiger partial charge is 0.349 e. The molecular formula is C30H35Cl2F4NO2. The van der Waals surface area contributed by atoms with E-state index in [0.717, 1.165) is 50.7 Å². The zero-order chi connectivity index (χ0) is 29.0. The van der Waals surface area contributed by atoms with Crippen LogP contribution in [-0.4, -0.2) is 11.7 Å². The second kappa shape index (κ2) is 13.0. The zero-order valence-electron chi connectivity index (χ0n) is 22.4. The number of carbonyl (C=O) groups excluding carboxylic acids is 2. The molecule has 1 saturated carbocycles. The van der Waals surface area contributed by atoms with E-state index < -0.39 is 29.0 Å². The normalized spacial score (nSPS) is 20.2. The minimum atomic E-state index is -4.84. The van der Waals surface area contributed by atoms with Crippen LogP contribution in [0.5, 0.6) is 0 Å². The van der Waals surface area contributed by atoms with Gasteiger partial charge < -0.3 is 10.1 Å². The summed E-state index contributed by atoms with van der Waals surface area (Å²) in [6, 6.07) is 6.97. The molecule has 1 fully saturated rings. The number of hydrogen-bond donors (Lipinski definition) is 1. The van der Waals surface area contributed by atoms with Gasteiger partial charge in [0.15, 0.2) is 0 Å². The lowest BCUT2D eigenvalue weighted by Gasteiger charge is -2.33. The van der Waals surface area contributed by atoms with Crippen LogP contribution in [0, 0.1) is 17.7 Å².